The van der Waals surface area contributed by atoms with E-state index in [0.29, 0.717) is 81.5 Å². The van der Waals surface area contributed by atoms with Crippen LogP contribution in [0.25, 0.3) is 11.3 Å². The van der Waals surface area contributed by atoms with E-state index in [4.69, 9.17) is 9.47 Å². The van der Waals surface area contributed by atoms with Crippen LogP contribution in [-0.4, -0.2) is 95.3 Å². The summed E-state index contributed by atoms with van der Waals surface area (Å²) in [5, 5.41) is 9.98. The summed E-state index contributed by atoms with van der Waals surface area (Å²) in [7, 11) is -3.88. The number of aromatic nitrogens is 4. The predicted molar refractivity (Wildman–Crippen MR) is 196 cm³/mol. The average Bonchev–Trinajstić information content (AvgIpc) is 3.75. The normalized spacial score (nSPS) is 16.9. The van der Waals surface area contributed by atoms with Crippen LogP contribution < -0.4 is 20.5 Å². The highest BCUT2D eigenvalue weighted by Gasteiger charge is 2.37. The third-order valence-corrected chi connectivity index (χ3v) is 11.5. The van der Waals surface area contributed by atoms with Crippen LogP contribution in [0.15, 0.2) is 101 Å². The number of rotatable bonds is 12. The number of carbonyl (C=O) groups excluding carboxylic acids is 1. The molecule has 1 amide bonds. The number of imidazole rings is 1. The van der Waals surface area contributed by atoms with Gasteiger partial charge < -0.3 is 19.7 Å². The largest absolute Gasteiger partial charge is 0.490 e. The summed E-state index contributed by atoms with van der Waals surface area (Å²) in [6.07, 6.45) is 2.50. The summed E-state index contributed by atoms with van der Waals surface area (Å²) in [6, 6.07) is 25.9. The van der Waals surface area contributed by atoms with Gasteiger partial charge in [0.2, 0.25) is 10.0 Å². The van der Waals surface area contributed by atoms with Gasteiger partial charge in [0.15, 0.2) is 0 Å². The molecule has 14 heteroatoms. The zero-order valence-electron chi connectivity index (χ0n) is 29.1. The van der Waals surface area contributed by atoms with E-state index in [1.807, 2.05) is 84.9 Å². The van der Waals surface area contributed by atoms with Crippen molar-refractivity contribution in [2.24, 2.45) is 0 Å². The second kappa shape index (κ2) is 15.6. The zero-order chi connectivity index (χ0) is 36.1. The number of nitrogens with one attached hydrogen (secondary N) is 2. The van der Waals surface area contributed by atoms with Crippen molar-refractivity contribution in [1.29, 1.82) is 0 Å². The molecule has 1 atom stereocenters. The number of amides is 1. The molecule has 2 aliphatic heterocycles. The fourth-order valence-corrected chi connectivity index (χ4v) is 8.64. The van der Waals surface area contributed by atoms with Crippen molar-refractivity contribution in [3.8, 4) is 22.8 Å². The van der Waals surface area contributed by atoms with E-state index >= 15 is 0 Å². The summed E-state index contributed by atoms with van der Waals surface area (Å²) in [6.45, 7) is 5.12. The lowest BCUT2D eigenvalue weighted by atomic mass is 10.0. The number of aryl methyl sites for hydroxylation is 1. The number of ether oxygens (including phenoxy) is 2. The number of sulfonamides is 1. The van der Waals surface area contributed by atoms with Crippen molar-refractivity contribution in [2.45, 2.75) is 37.2 Å². The van der Waals surface area contributed by atoms with Crippen LogP contribution in [0.5, 0.6) is 11.5 Å². The van der Waals surface area contributed by atoms with Gasteiger partial charge in [-0.3, -0.25) is 19.0 Å². The molecule has 2 fully saturated rings. The van der Waals surface area contributed by atoms with E-state index in [9.17, 15) is 18.0 Å². The highest BCUT2D eigenvalue weighted by molar-refractivity contribution is 7.89. The lowest BCUT2D eigenvalue weighted by molar-refractivity contribution is 0.0725. The molecule has 0 aliphatic carbocycles. The summed E-state index contributed by atoms with van der Waals surface area (Å²) >= 11 is 0. The maximum absolute atomic E-state index is 14.9. The molecule has 2 N–H and O–H groups in total. The first-order valence-corrected chi connectivity index (χ1v) is 19.1. The lowest BCUT2D eigenvalue weighted by Crippen LogP contribution is -2.47. The molecule has 3 aromatic carbocycles. The molecule has 0 spiro atoms. The van der Waals surface area contributed by atoms with Gasteiger partial charge in [0.05, 0.1) is 24.0 Å². The highest BCUT2D eigenvalue weighted by atomic mass is 32.2. The maximum atomic E-state index is 14.9. The topological polar surface area (TPSA) is 144 Å². The Morgan fingerprint density at radius 2 is 1.60 bits per heavy atom. The van der Waals surface area contributed by atoms with Crippen LogP contribution in [0.2, 0.25) is 0 Å². The SMILES string of the molecule is Cc1n[nH]cc1S(=O)(=O)N1CCCC(n2c(-c3ccccc3)c(C(=O)N3CCNCC3)n(Cc3cccc(OCCOc4ccccc4)c3)c2=O)C1. The summed E-state index contributed by atoms with van der Waals surface area (Å²) in [5.74, 6) is 1.13. The van der Waals surface area contributed by atoms with E-state index in [1.54, 1.807) is 21.0 Å². The molecule has 4 heterocycles. The number of para-hydroxylation sites is 1. The monoisotopic (exact) mass is 725 g/mol. The van der Waals surface area contributed by atoms with E-state index in [0.717, 1.165) is 11.3 Å². The second-order valence-electron chi connectivity index (χ2n) is 13.0. The number of benzene rings is 3. The molecule has 7 rings (SSSR count). The van der Waals surface area contributed by atoms with Gasteiger partial charge in [-0.25, -0.2) is 13.2 Å². The minimum Gasteiger partial charge on any atom is -0.490 e. The Balaban J connectivity index is 1.26. The lowest BCUT2D eigenvalue weighted by Gasteiger charge is -2.33. The van der Waals surface area contributed by atoms with Gasteiger partial charge in [-0.15, -0.1) is 0 Å². The Kier molecular flexibility index (Phi) is 10.6. The molecule has 2 aliphatic rings. The van der Waals surface area contributed by atoms with Crippen molar-refractivity contribution in [2.75, 3.05) is 52.5 Å². The standard InChI is InChI=1S/C38H43N7O6S/c1-28-34(25-40-41-28)52(48,49)43-19-9-13-31(27-43)45-35(30-11-4-2-5-12-30)36(37(46)42-20-17-39-18-21-42)44(38(45)47)26-29-10-8-16-33(24-29)51-23-22-50-32-14-6-3-7-15-32/h2-8,10-12,14-16,24-25,31,39H,9,13,17-23,26-27H2,1H3,(H,40,41). The molecule has 2 aromatic heterocycles. The Morgan fingerprint density at radius 1 is 0.904 bits per heavy atom. The predicted octanol–water partition coefficient (Wildman–Crippen LogP) is 3.93. The quantitative estimate of drug-likeness (QED) is 0.184. The number of hydrogen-bond acceptors (Lipinski definition) is 8. The minimum absolute atomic E-state index is 0.0757. The summed E-state index contributed by atoms with van der Waals surface area (Å²) < 4.78 is 44.0. The number of carbonyl (C=O) groups is 1. The molecular formula is C38H43N7O6S. The van der Waals surface area contributed by atoms with Gasteiger partial charge in [-0.1, -0.05) is 60.7 Å². The van der Waals surface area contributed by atoms with Crippen molar-refractivity contribution in [1.82, 2.24) is 33.9 Å². The van der Waals surface area contributed by atoms with Crippen molar-refractivity contribution in [3.63, 3.8) is 0 Å². The molecule has 5 aromatic rings. The number of nitrogens with zero attached hydrogens (tertiary/aromatic N) is 5. The molecule has 1 unspecified atom stereocenters. The van der Waals surface area contributed by atoms with Crippen molar-refractivity contribution < 1.29 is 22.7 Å². The van der Waals surface area contributed by atoms with Crippen LogP contribution in [0, 0.1) is 6.92 Å². The molecule has 272 valence electrons. The number of hydrogen-bond donors (Lipinski definition) is 2. The third kappa shape index (κ3) is 7.40. The van der Waals surface area contributed by atoms with Crippen molar-refractivity contribution in [3.05, 3.63) is 119 Å². The first kappa shape index (κ1) is 35.2. The summed E-state index contributed by atoms with van der Waals surface area (Å²) in [5.41, 5.74) is 2.27. The molecule has 0 radical (unpaired) electrons. The van der Waals surface area contributed by atoms with Crippen LogP contribution >= 0.6 is 0 Å². The van der Waals surface area contributed by atoms with E-state index < -0.39 is 16.1 Å². The first-order chi connectivity index (χ1) is 25.3. The van der Waals surface area contributed by atoms with Crippen LogP contribution in [0.3, 0.4) is 0 Å². The van der Waals surface area contributed by atoms with Gasteiger partial charge in [-0.05, 0) is 49.6 Å². The third-order valence-electron chi connectivity index (χ3n) is 9.56. The van der Waals surface area contributed by atoms with Gasteiger partial charge in [-0.2, -0.15) is 9.40 Å². The van der Waals surface area contributed by atoms with Gasteiger partial charge >= 0.3 is 5.69 Å². The van der Waals surface area contributed by atoms with E-state index in [1.165, 1.54) is 10.5 Å². The summed E-state index contributed by atoms with van der Waals surface area (Å²) in [4.78, 5) is 31.4. The number of piperazine rings is 1. The number of H-pyrrole nitrogens is 1. The smallest absolute Gasteiger partial charge is 0.329 e. The highest BCUT2D eigenvalue weighted by Crippen LogP contribution is 2.33. The maximum Gasteiger partial charge on any atom is 0.329 e. The van der Waals surface area contributed by atoms with E-state index in [2.05, 4.69) is 15.5 Å². The Hall–Kier alpha value is -5.18. The molecule has 2 saturated heterocycles. The van der Waals surface area contributed by atoms with E-state index in [-0.39, 0.29) is 35.3 Å². The van der Waals surface area contributed by atoms with Gasteiger partial charge in [0.1, 0.15) is 35.3 Å². The molecule has 0 bridgehead atoms. The average molecular weight is 726 g/mol. The fourth-order valence-electron chi connectivity index (χ4n) is 7.00. The van der Waals surface area contributed by atoms with Crippen LogP contribution in [0.4, 0.5) is 0 Å². The number of aromatic amines is 1. The zero-order valence-corrected chi connectivity index (χ0v) is 29.9. The van der Waals surface area contributed by atoms with Crippen LogP contribution in [-0.2, 0) is 16.6 Å². The van der Waals surface area contributed by atoms with Gasteiger partial charge in [0.25, 0.3) is 5.91 Å². The molecule has 52 heavy (non-hydrogen) atoms. The molecule has 0 saturated carbocycles. The second-order valence-corrected chi connectivity index (χ2v) is 14.9. The van der Waals surface area contributed by atoms with Crippen molar-refractivity contribution >= 4 is 15.9 Å². The molecular weight excluding hydrogens is 683 g/mol. The fraction of sp³-hybridized carbons (Fsp3) is 0.342. The minimum atomic E-state index is -3.88. The first-order valence-electron chi connectivity index (χ1n) is 17.6. The Morgan fingerprint density at radius 3 is 2.31 bits per heavy atom. The molecule has 13 nitrogen and oxygen atoms in total. The Labute approximate surface area is 302 Å². The van der Waals surface area contributed by atoms with Gasteiger partial charge in [0, 0.05) is 51.0 Å². The van der Waals surface area contributed by atoms with Crippen LogP contribution in [0.1, 0.15) is 40.6 Å². The number of piperidine rings is 1. The Bertz CT molecular complexity index is 2160.